The standard InChI is InChI=1S/C30H47N5O7/c1-29(2,3)42-28(41)33-22-17-11-10-14-34(15-17)20(36)13-9-7-6-8-12-19(24(37)25(31)38)32-26(39)23-21-18(30(21,4)5)16-35(23)27(22)40/h17-19,21-23H,6-16H2,1-5H3,(H2,31,38)(H,32,39)(H,33,41)/t17?,18?,19-,21?,22-,23-/m0/s1. The van der Waals surface area contributed by atoms with Gasteiger partial charge in [-0.15, -0.1) is 0 Å². The van der Waals surface area contributed by atoms with Crippen molar-refractivity contribution in [3.63, 3.8) is 0 Å². The average Bonchev–Trinajstić information content (AvgIpc) is 3.22. The number of rotatable bonds is 3. The molecule has 0 aromatic heterocycles. The maximum Gasteiger partial charge on any atom is 0.408 e. The summed E-state index contributed by atoms with van der Waals surface area (Å²) >= 11 is 0. The normalized spacial score (nSPS) is 32.2. The summed E-state index contributed by atoms with van der Waals surface area (Å²) in [6, 6.07) is -2.98. The number of nitrogens with zero attached hydrogens (tertiary/aromatic N) is 2. The molecule has 0 aromatic carbocycles. The summed E-state index contributed by atoms with van der Waals surface area (Å²) < 4.78 is 5.50. The van der Waals surface area contributed by atoms with Crippen molar-refractivity contribution in [1.29, 1.82) is 0 Å². The van der Waals surface area contributed by atoms with Gasteiger partial charge in [0.1, 0.15) is 17.7 Å². The summed E-state index contributed by atoms with van der Waals surface area (Å²) in [4.78, 5) is 82.0. The Kier molecular flexibility index (Phi) is 9.22. The van der Waals surface area contributed by atoms with Gasteiger partial charge in [0, 0.05) is 32.0 Å². The van der Waals surface area contributed by atoms with Gasteiger partial charge >= 0.3 is 6.09 Å². The van der Waals surface area contributed by atoms with Gasteiger partial charge in [-0.05, 0) is 63.7 Å². The number of nitrogens with two attached hydrogens (primary N) is 1. The van der Waals surface area contributed by atoms with Crippen LogP contribution in [0, 0.1) is 23.2 Å². The third-order valence-corrected chi connectivity index (χ3v) is 9.49. The number of piperidine rings is 2. The van der Waals surface area contributed by atoms with Crippen LogP contribution in [0.5, 0.6) is 0 Å². The first-order valence-corrected chi connectivity index (χ1v) is 15.3. The van der Waals surface area contributed by atoms with E-state index in [1.165, 1.54) is 4.90 Å². The van der Waals surface area contributed by atoms with Crippen molar-refractivity contribution in [3.8, 4) is 0 Å². The molecule has 234 valence electrons. The molecule has 6 atom stereocenters. The summed E-state index contributed by atoms with van der Waals surface area (Å²) in [6.45, 7) is 10.5. The minimum atomic E-state index is -1.12. The lowest BCUT2D eigenvalue weighted by Crippen LogP contribution is -2.61. The molecule has 4 fully saturated rings. The second kappa shape index (κ2) is 12.2. The fourth-order valence-electron chi connectivity index (χ4n) is 7.15. The number of hydrogen-bond donors (Lipinski definition) is 3. The Morgan fingerprint density at radius 2 is 1.69 bits per heavy atom. The first-order chi connectivity index (χ1) is 19.6. The van der Waals surface area contributed by atoms with Gasteiger partial charge in [0.05, 0.1) is 6.04 Å². The quantitative estimate of drug-likeness (QED) is 0.419. The molecule has 0 spiro atoms. The van der Waals surface area contributed by atoms with Crippen molar-refractivity contribution in [2.24, 2.45) is 28.9 Å². The van der Waals surface area contributed by atoms with Crippen LogP contribution in [-0.2, 0) is 28.7 Å². The van der Waals surface area contributed by atoms with Crippen molar-refractivity contribution >= 4 is 35.5 Å². The van der Waals surface area contributed by atoms with Crippen molar-refractivity contribution in [2.75, 3.05) is 19.6 Å². The molecule has 2 bridgehead atoms. The molecular weight excluding hydrogens is 542 g/mol. The monoisotopic (exact) mass is 589 g/mol. The molecule has 1 saturated carbocycles. The lowest BCUT2D eigenvalue weighted by Gasteiger charge is -2.40. The highest BCUT2D eigenvalue weighted by Gasteiger charge is 2.69. The number of alkyl carbamates (subject to hydrolysis) is 1. The van der Waals surface area contributed by atoms with E-state index in [-0.39, 0.29) is 35.5 Å². The van der Waals surface area contributed by atoms with E-state index in [0.717, 1.165) is 12.8 Å². The molecule has 12 heteroatoms. The fraction of sp³-hybridized carbons (Fsp3) is 0.800. The summed E-state index contributed by atoms with van der Waals surface area (Å²) in [5.74, 6) is -3.33. The van der Waals surface area contributed by atoms with Gasteiger partial charge in [0.25, 0.3) is 5.91 Å². The van der Waals surface area contributed by atoms with Gasteiger partial charge < -0.3 is 30.9 Å². The molecule has 42 heavy (non-hydrogen) atoms. The fourth-order valence-corrected chi connectivity index (χ4v) is 7.15. The van der Waals surface area contributed by atoms with Crippen LogP contribution in [0.3, 0.4) is 0 Å². The van der Waals surface area contributed by atoms with Gasteiger partial charge in [-0.25, -0.2) is 4.79 Å². The average molecular weight is 590 g/mol. The van der Waals surface area contributed by atoms with Gasteiger partial charge in [-0.3, -0.25) is 24.0 Å². The number of hydrogen-bond acceptors (Lipinski definition) is 7. The number of carbonyl (C=O) groups is 6. The molecule has 12 nitrogen and oxygen atoms in total. The molecule has 5 amide bonds. The highest BCUT2D eigenvalue weighted by atomic mass is 16.6. The lowest BCUT2D eigenvalue weighted by atomic mass is 9.88. The third kappa shape index (κ3) is 6.89. The molecule has 1 aliphatic carbocycles. The Morgan fingerprint density at radius 3 is 2.36 bits per heavy atom. The topological polar surface area (TPSA) is 168 Å². The largest absolute Gasteiger partial charge is 0.444 e. The maximum atomic E-state index is 14.3. The first kappa shape index (κ1) is 31.7. The SMILES string of the molecule is CC(C)(C)OC(=O)N[C@@H]1C(=O)N2CC3C([C@H]2C(=O)N[C@H](C(=O)C(N)=O)CCCCCCC(=O)N2CCCC1C2)C3(C)C. The molecule has 4 N–H and O–H groups in total. The second-order valence-corrected chi connectivity index (χ2v) is 14.0. The summed E-state index contributed by atoms with van der Waals surface area (Å²) in [7, 11) is 0. The van der Waals surface area contributed by atoms with Gasteiger partial charge in [0.2, 0.25) is 23.5 Å². The highest BCUT2D eigenvalue weighted by molar-refractivity contribution is 6.37. The third-order valence-electron chi connectivity index (χ3n) is 9.49. The van der Waals surface area contributed by atoms with Crippen LogP contribution in [0.25, 0.3) is 0 Å². The van der Waals surface area contributed by atoms with Crippen LogP contribution in [0.1, 0.15) is 86.0 Å². The summed E-state index contributed by atoms with van der Waals surface area (Å²) in [5, 5.41) is 5.55. The van der Waals surface area contributed by atoms with E-state index in [1.54, 1.807) is 25.7 Å². The van der Waals surface area contributed by atoms with Crippen LogP contribution < -0.4 is 16.4 Å². The van der Waals surface area contributed by atoms with Crippen LogP contribution in [0.4, 0.5) is 4.79 Å². The number of nitrogens with one attached hydrogen (secondary N) is 2. The Balaban J connectivity index is 1.68. The molecule has 0 radical (unpaired) electrons. The molecule has 4 aliphatic rings. The van der Waals surface area contributed by atoms with E-state index in [1.807, 2.05) is 13.8 Å². The molecule has 4 rings (SSSR count). The second-order valence-electron chi connectivity index (χ2n) is 14.0. The van der Waals surface area contributed by atoms with Crippen molar-refractivity contribution < 1.29 is 33.5 Å². The number of ketones is 1. The van der Waals surface area contributed by atoms with Crippen molar-refractivity contribution in [3.05, 3.63) is 0 Å². The van der Waals surface area contributed by atoms with E-state index in [0.29, 0.717) is 51.7 Å². The minimum Gasteiger partial charge on any atom is -0.444 e. The number of Topliss-reactive ketones (excluding diaryl/α,β-unsaturated/α-hetero) is 1. The minimum absolute atomic E-state index is 0.00755. The van der Waals surface area contributed by atoms with E-state index >= 15 is 0 Å². The van der Waals surface area contributed by atoms with Crippen LogP contribution in [-0.4, -0.2) is 88.7 Å². The number of carbonyl (C=O) groups excluding carboxylic acids is 6. The predicted octanol–water partition coefficient (Wildman–Crippen LogP) is 1.49. The first-order valence-electron chi connectivity index (χ1n) is 15.3. The highest BCUT2D eigenvalue weighted by Crippen LogP contribution is 2.65. The molecule has 0 aromatic rings. The number of amides is 5. The Morgan fingerprint density at radius 1 is 1.00 bits per heavy atom. The van der Waals surface area contributed by atoms with E-state index < -0.39 is 53.3 Å². The van der Waals surface area contributed by atoms with Crippen LogP contribution in [0.2, 0.25) is 0 Å². The number of primary amides is 1. The van der Waals surface area contributed by atoms with Gasteiger partial charge in [-0.1, -0.05) is 33.1 Å². The van der Waals surface area contributed by atoms with Crippen molar-refractivity contribution in [2.45, 2.75) is 110 Å². The van der Waals surface area contributed by atoms with Gasteiger partial charge in [-0.2, -0.15) is 0 Å². The lowest BCUT2D eigenvalue weighted by molar-refractivity contribution is -0.145. The van der Waals surface area contributed by atoms with Crippen LogP contribution >= 0.6 is 0 Å². The Hall–Kier alpha value is -3.18. The van der Waals surface area contributed by atoms with E-state index in [4.69, 9.17) is 10.5 Å². The smallest absolute Gasteiger partial charge is 0.408 e. The zero-order valence-corrected chi connectivity index (χ0v) is 25.6. The zero-order valence-electron chi connectivity index (χ0n) is 25.6. The molecular formula is C30H47N5O7. The zero-order chi connectivity index (χ0) is 31.0. The molecule has 3 saturated heterocycles. The summed E-state index contributed by atoms with van der Waals surface area (Å²) in [6.07, 6.45) is 3.86. The Bertz CT molecular complexity index is 1120. The maximum absolute atomic E-state index is 14.3. The molecule has 3 unspecified atom stereocenters. The Labute approximate surface area is 247 Å². The van der Waals surface area contributed by atoms with Crippen molar-refractivity contribution in [1.82, 2.24) is 20.4 Å². The number of ether oxygens (including phenoxy) is 1. The van der Waals surface area contributed by atoms with E-state index in [2.05, 4.69) is 10.6 Å². The van der Waals surface area contributed by atoms with Gasteiger partial charge in [0.15, 0.2) is 0 Å². The van der Waals surface area contributed by atoms with E-state index in [9.17, 15) is 28.8 Å². The molecule has 3 heterocycles. The predicted molar refractivity (Wildman–Crippen MR) is 153 cm³/mol. The summed E-state index contributed by atoms with van der Waals surface area (Å²) in [5.41, 5.74) is 4.33. The molecule has 3 aliphatic heterocycles. The number of fused-ring (bicyclic) bond motifs is 5. The van der Waals surface area contributed by atoms with Crippen LogP contribution in [0.15, 0.2) is 0 Å².